The summed E-state index contributed by atoms with van der Waals surface area (Å²) in [6.45, 7) is 5.12. The smallest absolute Gasteiger partial charge is 0.122 e. The molecule has 3 nitrogen and oxygen atoms in total. The molecule has 0 radical (unpaired) electrons. The molecule has 0 spiro atoms. The van der Waals surface area contributed by atoms with Crippen molar-refractivity contribution in [3.63, 3.8) is 0 Å². The molecule has 2 rings (SSSR count). The van der Waals surface area contributed by atoms with Gasteiger partial charge in [0.15, 0.2) is 0 Å². The summed E-state index contributed by atoms with van der Waals surface area (Å²) in [5, 5.41) is 0. The van der Waals surface area contributed by atoms with E-state index in [1.54, 1.807) is 0 Å². The predicted octanol–water partition coefficient (Wildman–Crippen LogP) is 3.60. The molecule has 0 aliphatic heterocycles. The molecule has 0 aromatic heterocycles. The Bertz CT molecular complexity index is 567. The molecule has 0 aliphatic carbocycles. The Morgan fingerprint density at radius 2 is 1.65 bits per heavy atom. The number of hydrogen-bond acceptors (Lipinski definition) is 3. The zero-order valence-electron chi connectivity index (χ0n) is 12.1. The first-order valence-electron chi connectivity index (χ1n) is 6.89. The first-order chi connectivity index (χ1) is 9.69. The van der Waals surface area contributed by atoms with Crippen molar-refractivity contribution in [3.05, 3.63) is 53.6 Å². The number of aryl methyl sites for hydroxylation is 2. The predicted molar refractivity (Wildman–Crippen MR) is 82.4 cm³/mol. The van der Waals surface area contributed by atoms with Crippen molar-refractivity contribution >= 4 is 5.69 Å². The van der Waals surface area contributed by atoms with Crippen LogP contribution >= 0.6 is 0 Å². The van der Waals surface area contributed by atoms with E-state index in [1.165, 1.54) is 5.56 Å². The van der Waals surface area contributed by atoms with Gasteiger partial charge in [-0.15, -0.1) is 0 Å². The Balaban J connectivity index is 1.79. The Hall–Kier alpha value is -2.16. The van der Waals surface area contributed by atoms with Gasteiger partial charge in [-0.2, -0.15) is 0 Å². The Morgan fingerprint density at radius 3 is 2.30 bits per heavy atom. The largest absolute Gasteiger partial charge is 0.490 e. The number of anilines is 1. The van der Waals surface area contributed by atoms with Crippen molar-refractivity contribution in [2.75, 3.05) is 18.9 Å². The minimum Gasteiger partial charge on any atom is -0.490 e. The molecule has 0 unspecified atom stereocenters. The van der Waals surface area contributed by atoms with Crippen LogP contribution in [-0.2, 0) is 6.42 Å². The maximum atomic E-state index is 5.84. The molecule has 0 heterocycles. The van der Waals surface area contributed by atoms with Gasteiger partial charge < -0.3 is 15.2 Å². The van der Waals surface area contributed by atoms with Crippen LogP contribution in [0.1, 0.15) is 18.1 Å². The molecule has 2 aromatic rings. The van der Waals surface area contributed by atoms with Gasteiger partial charge in [-0.3, -0.25) is 0 Å². The molecule has 20 heavy (non-hydrogen) atoms. The minimum atomic E-state index is 0.499. The van der Waals surface area contributed by atoms with Crippen LogP contribution in [0.5, 0.6) is 11.5 Å². The standard InChI is InChI=1S/C17H21NO2/c1-3-14-5-4-6-15(11-14)19-9-10-20-16-8-7-13(2)17(18)12-16/h4-8,11-12H,3,9-10,18H2,1-2H3. The molecular formula is C17H21NO2. The summed E-state index contributed by atoms with van der Waals surface area (Å²) in [5.74, 6) is 1.66. The molecule has 2 aromatic carbocycles. The summed E-state index contributed by atoms with van der Waals surface area (Å²) in [5.41, 5.74) is 8.92. The van der Waals surface area contributed by atoms with E-state index >= 15 is 0 Å². The fourth-order valence-electron chi connectivity index (χ4n) is 1.88. The van der Waals surface area contributed by atoms with E-state index in [0.29, 0.717) is 13.2 Å². The second-order valence-corrected chi connectivity index (χ2v) is 4.72. The van der Waals surface area contributed by atoms with E-state index < -0.39 is 0 Å². The van der Waals surface area contributed by atoms with Gasteiger partial charge in [0.05, 0.1) is 0 Å². The molecule has 0 saturated carbocycles. The quantitative estimate of drug-likeness (QED) is 0.645. The van der Waals surface area contributed by atoms with Crippen molar-refractivity contribution in [2.24, 2.45) is 0 Å². The van der Waals surface area contributed by atoms with Crippen LogP contribution in [0.25, 0.3) is 0 Å². The molecule has 106 valence electrons. The van der Waals surface area contributed by atoms with Gasteiger partial charge in [0.2, 0.25) is 0 Å². The molecule has 0 aliphatic rings. The fourth-order valence-corrected chi connectivity index (χ4v) is 1.88. The van der Waals surface area contributed by atoms with Crippen LogP contribution in [0.15, 0.2) is 42.5 Å². The summed E-state index contributed by atoms with van der Waals surface area (Å²) >= 11 is 0. The molecule has 3 heteroatoms. The average Bonchev–Trinajstić information content (AvgIpc) is 2.47. The van der Waals surface area contributed by atoms with Crippen molar-refractivity contribution < 1.29 is 9.47 Å². The van der Waals surface area contributed by atoms with E-state index in [9.17, 15) is 0 Å². The van der Waals surface area contributed by atoms with Crippen LogP contribution in [-0.4, -0.2) is 13.2 Å². The lowest BCUT2D eigenvalue weighted by atomic mass is 10.2. The maximum Gasteiger partial charge on any atom is 0.122 e. The van der Waals surface area contributed by atoms with Gasteiger partial charge in [0.1, 0.15) is 24.7 Å². The van der Waals surface area contributed by atoms with Gasteiger partial charge in [-0.05, 0) is 42.7 Å². The highest BCUT2D eigenvalue weighted by atomic mass is 16.5. The fraction of sp³-hybridized carbons (Fsp3) is 0.294. The lowest BCUT2D eigenvalue weighted by molar-refractivity contribution is 0.217. The number of ether oxygens (including phenoxy) is 2. The van der Waals surface area contributed by atoms with Gasteiger partial charge in [-0.25, -0.2) is 0 Å². The van der Waals surface area contributed by atoms with Crippen molar-refractivity contribution in [2.45, 2.75) is 20.3 Å². The highest BCUT2D eigenvalue weighted by Crippen LogP contribution is 2.19. The number of nitrogens with two attached hydrogens (primary N) is 1. The molecule has 0 amide bonds. The molecule has 2 N–H and O–H groups in total. The van der Waals surface area contributed by atoms with Gasteiger partial charge >= 0.3 is 0 Å². The summed E-state index contributed by atoms with van der Waals surface area (Å²) in [6, 6.07) is 13.8. The second kappa shape index (κ2) is 6.85. The number of nitrogen functional groups attached to an aromatic ring is 1. The minimum absolute atomic E-state index is 0.499. The first-order valence-corrected chi connectivity index (χ1v) is 6.89. The van der Waals surface area contributed by atoms with Crippen molar-refractivity contribution in [3.8, 4) is 11.5 Å². The summed E-state index contributed by atoms with van der Waals surface area (Å²) in [4.78, 5) is 0. The van der Waals surface area contributed by atoms with Crippen LogP contribution in [0.4, 0.5) is 5.69 Å². The highest BCUT2D eigenvalue weighted by molar-refractivity contribution is 5.50. The number of rotatable bonds is 6. The number of benzene rings is 2. The zero-order chi connectivity index (χ0) is 14.4. The third-order valence-corrected chi connectivity index (χ3v) is 3.18. The average molecular weight is 271 g/mol. The van der Waals surface area contributed by atoms with E-state index in [4.69, 9.17) is 15.2 Å². The van der Waals surface area contributed by atoms with E-state index in [0.717, 1.165) is 29.2 Å². The lowest BCUT2D eigenvalue weighted by Crippen LogP contribution is -2.09. The molecule has 0 atom stereocenters. The topological polar surface area (TPSA) is 44.5 Å². The molecule has 0 bridgehead atoms. The molecule has 0 saturated heterocycles. The van der Waals surface area contributed by atoms with Gasteiger partial charge in [0, 0.05) is 11.8 Å². The van der Waals surface area contributed by atoms with Crippen LogP contribution in [0.3, 0.4) is 0 Å². The van der Waals surface area contributed by atoms with E-state index in [-0.39, 0.29) is 0 Å². The lowest BCUT2D eigenvalue weighted by Gasteiger charge is -2.10. The third kappa shape index (κ3) is 3.92. The second-order valence-electron chi connectivity index (χ2n) is 4.72. The van der Waals surface area contributed by atoms with Crippen molar-refractivity contribution in [1.29, 1.82) is 0 Å². The van der Waals surface area contributed by atoms with Crippen LogP contribution in [0.2, 0.25) is 0 Å². The normalized spacial score (nSPS) is 10.3. The first kappa shape index (κ1) is 14.3. The van der Waals surface area contributed by atoms with Crippen LogP contribution < -0.4 is 15.2 Å². The van der Waals surface area contributed by atoms with E-state index in [2.05, 4.69) is 19.1 Å². The molecule has 0 fully saturated rings. The third-order valence-electron chi connectivity index (χ3n) is 3.18. The zero-order valence-corrected chi connectivity index (χ0v) is 12.1. The SMILES string of the molecule is CCc1cccc(OCCOc2ccc(C)c(N)c2)c1. The number of hydrogen-bond donors (Lipinski definition) is 1. The van der Waals surface area contributed by atoms with Crippen molar-refractivity contribution in [1.82, 2.24) is 0 Å². The molecular weight excluding hydrogens is 250 g/mol. The van der Waals surface area contributed by atoms with Gasteiger partial charge in [-0.1, -0.05) is 25.1 Å². The monoisotopic (exact) mass is 271 g/mol. The Labute approximate surface area is 120 Å². The highest BCUT2D eigenvalue weighted by Gasteiger charge is 1.99. The Morgan fingerprint density at radius 1 is 0.950 bits per heavy atom. The Kier molecular flexibility index (Phi) is 4.88. The summed E-state index contributed by atoms with van der Waals surface area (Å²) < 4.78 is 11.3. The summed E-state index contributed by atoms with van der Waals surface area (Å²) in [7, 11) is 0. The van der Waals surface area contributed by atoms with Crippen LogP contribution in [0, 0.1) is 6.92 Å². The van der Waals surface area contributed by atoms with E-state index in [1.807, 2.05) is 37.3 Å². The maximum absolute atomic E-state index is 5.84. The van der Waals surface area contributed by atoms with Gasteiger partial charge in [0.25, 0.3) is 0 Å². The summed E-state index contributed by atoms with van der Waals surface area (Å²) in [6.07, 6.45) is 1.01.